The molecule has 3 rings (SSSR count). The number of nitrogens with one attached hydrogen (secondary N) is 2. The van der Waals surface area contributed by atoms with Crippen LogP contribution < -0.4 is 29.6 Å². The third-order valence-electron chi connectivity index (χ3n) is 5.45. The van der Waals surface area contributed by atoms with Crippen LogP contribution in [0.1, 0.15) is 36.8 Å². The average molecular weight is 428 g/mol. The van der Waals surface area contributed by atoms with Gasteiger partial charge >= 0.3 is 0 Å². The number of rotatable bonds is 9. The van der Waals surface area contributed by atoms with Gasteiger partial charge in [0.15, 0.2) is 17.5 Å². The van der Waals surface area contributed by atoms with E-state index in [0.717, 1.165) is 35.5 Å². The van der Waals surface area contributed by atoms with E-state index >= 15 is 0 Å². The quantitative estimate of drug-likeness (QED) is 0.467. The first kappa shape index (κ1) is 22.6. The molecule has 1 aliphatic rings. The van der Waals surface area contributed by atoms with Gasteiger partial charge in [-0.1, -0.05) is 6.07 Å². The van der Waals surface area contributed by atoms with Crippen LogP contribution in [0.4, 0.5) is 0 Å². The number of benzene rings is 2. The summed E-state index contributed by atoms with van der Waals surface area (Å²) in [6, 6.07) is 11.8. The molecule has 0 spiro atoms. The summed E-state index contributed by atoms with van der Waals surface area (Å²) < 4.78 is 22.4. The zero-order chi connectivity index (χ0) is 22.1. The summed E-state index contributed by atoms with van der Waals surface area (Å²) in [5.41, 5.74) is 2.14. The van der Waals surface area contributed by atoms with E-state index in [9.17, 15) is 0 Å². The van der Waals surface area contributed by atoms with Crippen molar-refractivity contribution in [3.8, 4) is 23.0 Å². The van der Waals surface area contributed by atoms with Crippen molar-refractivity contribution in [2.24, 2.45) is 4.99 Å². The van der Waals surface area contributed by atoms with Gasteiger partial charge in [-0.3, -0.25) is 4.99 Å². The van der Waals surface area contributed by atoms with E-state index in [1.165, 1.54) is 12.8 Å². The largest absolute Gasteiger partial charge is 0.497 e. The van der Waals surface area contributed by atoms with Gasteiger partial charge in [-0.25, -0.2) is 0 Å². The van der Waals surface area contributed by atoms with Gasteiger partial charge in [0.1, 0.15) is 11.5 Å². The fraction of sp³-hybridized carbons (Fsp3) is 0.458. The standard InChI is InChI=1S/C24H33N3O4/c1-25-24(26-15-17-9-12-21(29-3)23(13-17)30-4)27-16-18-10-11-20(28-2)14-22(18)31-19-7-5-6-8-19/h9-14,19H,5-8,15-16H2,1-4H3,(H2,25,26,27). The Hall–Kier alpha value is -3.09. The van der Waals surface area contributed by atoms with E-state index in [1.54, 1.807) is 28.4 Å². The zero-order valence-electron chi connectivity index (χ0n) is 18.9. The molecule has 0 saturated heterocycles. The predicted octanol–water partition coefficient (Wildman–Crippen LogP) is 3.90. The fourth-order valence-corrected chi connectivity index (χ4v) is 3.68. The Morgan fingerprint density at radius 2 is 1.61 bits per heavy atom. The Kier molecular flexibility index (Phi) is 8.27. The molecule has 31 heavy (non-hydrogen) atoms. The maximum absolute atomic E-state index is 6.29. The van der Waals surface area contributed by atoms with Crippen LogP contribution >= 0.6 is 0 Å². The summed E-state index contributed by atoms with van der Waals surface area (Å²) in [5.74, 6) is 3.79. The van der Waals surface area contributed by atoms with E-state index in [2.05, 4.69) is 15.6 Å². The van der Waals surface area contributed by atoms with Crippen LogP contribution in [-0.4, -0.2) is 40.4 Å². The van der Waals surface area contributed by atoms with Crippen LogP contribution in [0.15, 0.2) is 41.4 Å². The minimum atomic E-state index is 0.286. The summed E-state index contributed by atoms with van der Waals surface area (Å²) in [6.07, 6.45) is 4.97. The molecule has 2 N–H and O–H groups in total. The molecule has 1 fully saturated rings. The Labute approximate surface area is 184 Å². The van der Waals surface area contributed by atoms with Crippen molar-refractivity contribution in [1.29, 1.82) is 0 Å². The van der Waals surface area contributed by atoms with Gasteiger partial charge in [-0.2, -0.15) is 0 Å². The summed E-state index contributed by atoms with van der Waals surface area (Å²) in [6.45, 7) is 1.20. The Bertz CT molecular complexity index is 879. The monoisotopic (exact) mass is 427 g/mol. The second kappa shape index (κ2) is 11.3. The molecule has 0 radical (unpaired) electrons. The van der Waals surface area contributed by atoms with E-state index in [0.29, 0.717) is 30.5 Å². The van der Waals surface area contributed by atoms with Gasteiger partial charge in [0.25, 0.3) is 0 Å². The van der Waals surface area contributed by atoms with Gasteiger partial charge in [0.05, 0.1) is 27.4 Å². The normalized spacial score (nSPS) is 14.3. The highest BCUT2D eigenvalue weighted by atomic mass is 16.5. The van der Waals surface area contributed by atoms with Crippen LogP contribution in [0.2, 0.25) is 0 Å². The topological polar surface area (TPSA) is 73.3 Å². The van der Waals surface area contributed by atoms with Gasteiger partial charge in [0.2, 0.25) is 0 Å². The van der Waals surface area contributed by atoms with Crippen molar-refractivity contribution in [2.45, 2.75) is 44.9 Å². The van der Waals surface area contributed by atoms with Gasteiger partial charge < -0.3 is 29.6 Å². The lowest BCUT2D eigenvalue weighted by molar-refractivity contribution is 0.207. The molecule has 0 heterocycles. The smallest absolute Gasteiger partial charge is 0.191 e. The Balaban J connectivity index is 1.61. The molecule has 0 aliphatic heterocycles. The molecule has 0 amide bonds. The minimum Gasteiger partial charge on any atom is -0.497 e. The van der Waals surface area contributed by atoms with Crippen LogP contribution in [0.5, 0.6) is 23.0 Å². The van der Waals surface area contributed by atoms with Crippen LogP contribution in [0.25, 0.3) is 0 Å². The lowest BCUT2D eigenvalue weighted by atomic mass is 10.1. The van der Waals surface area contributed by atoms with E-state index in [1.807, 2.05) is 36.4 Å². The highest BCUT2D eigenvalue weighted by Crippen LogP contribution is 2.30. The first-order valence-corrected chi connectivity index (χ1v) is 10.7. The molecule has 2 aromatic rings. The fourth-order valence-electron chi connectivity index (χ4n) is 3.68. The number of ether oxygens (including phenoxy) is 4. The molecule has 1 aliphatic carbocycles. The second-order valence-corrected chi connectivity index (χ2v) is 7.47. The van der Waals surface area contributed by atoms with Crippen LogP contribution in [0, 0.1) is 0 Å². The first-order valence-electron chi connectivity index (χ1n) is 10.7. The first-order chi connectivity index (χ1) is 15.2. The predicted molar refractivity (Wildman–Crippen MR) is 122 cm³/mol. The van der Waals surface area contributed by atoms with Gasteiger partial charge in [-0.05, 0) is 55.5 Å². The lowest BCUT2D eigenvalue weighted by Crippen LogP contribution is -2.36. The molecule has 2 aromatic carbocycles. The third kappa shape index (κ3) is 6.20. The summed E-state index contributed by atoms with van der Waals surface area (Å²) in [7, 11) is 6.70. The molecule has 1 saturated carbocycles. The highest BCUT2D eigenvalue weighted by molar-refractivity contribution is 5.79. The SMILES string of the molecule is CN=C(NCc1ccc(OC)c(OC)c1)NCc1ccc(OC)cc1OC1CCCC1. The summed E-state index contributed by atoms with van der Waals surface area (Å²) >= 11 is 0. The van der Waals surface area contributed by atoms with Crippen molar-refractivity contribution in [2.75, 3.05) is 28.4 Å². The number of nitrogens with zero attached hydrogens (tertiary/aromatic N) is 1. The maximum atomic E-state index is 6.29. The number of hydrogen-bond donors (Lipinski definition) is 2. The van der Waals surface area contributed by atoms with Gasteiger partial charge in [-0.15, -0.1) is 0 Å². The number of aliphatic imine (C=N–C) groups is 1. The van der Waals surface area contributed by atoms with Crippen molar-refractivity contribution >= 4 is 5.96 Å². The zero-order valence-corrected chi connectivity index (χ0v) is 18.9. The summed E-state index contributed by atoms with van der Waals surface area (Å²) in [5, 5.41) is 6.71. The molecule has 0 atom stereocenters. The highest BCUT2D eigenvalue weighted by Gasteiger charge is 2.18. The van der Waals surface area contributed by atoms with E-state index in [-0.39, 0.29) is 6.10 Å². The maximum Gasteiger partial charge on any atom is 0.191 e. The molecule has 7 nitrogen and oxygen atoms in total. The Morgan fingerprint density at radius 1 is 0.871 bits per heavy atom. The molecule has 7 heteroatoms. The van der Waals surface area contributed by atoms with E-state index in [4.69, 9.17) is 18.9 Å². The van der Waals surface area contributed by atoms with E-state index < -0.39 is 0 Å². The van der Waals surface area contributed by atoms with Gasteiger partial charge in [0, 0.05) is 31.8 Å². The van der Waals surface area contributed by atoms with Crippen molar-refractivity contribution in [3.63, 3.8) is 0 Å². The molecule has 0 unspecified atom stereocenters. The number of guanidine groups is 1. The van der Waals surface area contributed by atoms with Crippen molar-refractivity contribution in [3.05, 3.63) is 47.5 Å². The van der Waals surface area contributed by atoms with Crippen molar-refractivity contribution < 1.29 is 18.9 Å². The second-order valence-electron chi connectivity index (χ2n) is 7.47. The number of methoxy groups -OCH3 is 3. The van der Waals surface area contributed by atoms with Crippen LogP contribution in [-0.2, 0) is 13.1 Å². The molecule has 0 aromatic heterocycles. The van der Waals surface area contributed by atoms with Crippen molar-refractivity contribution in [1.82, 2.24) is 10.6 Å². The average Bonchev–Trinajstić information content (AvgIpc) is 3.32. The molecular formula is C24H33N3O4. The molecular weight excluding hydrogens is 394 g/mol. The lowest BCUT2D eigenvalue weighted by Gasteiger charge is -2.19. The minimum absolute atomic E-state index is 0.286. The molecule has 0 bridgehead atoms. The molecule has 168 valence electrons. The number of hydrogen-bond acceptors (Lipinski definition) is 5. The van der Waals surface area contributed by atoms with Crippen LogP contribution in [0.3, 0.4) is 0 Å². The third-order valence-corrected chi connectivity index (χ3v) is 5.45. The summed E-state index contributed by atoms with van der Waals surface area (Å²) in [4.78, 5) is 4.33. The Morgan fingerprint density at radius 3 is 2.29 bits per heavy atom.